The van der Waals surface area contributed by atoms with Crippen LogP contribution < -0.4 is 5.32 Å². The third-order valence-corrected chi connectivity index (χ3v) is 6.38. The van der Waals surface area contributed by atoms with Crippen molar-refractivity contribution in [3.8, 4) is 0 Å². The van der Waals surface area contributed by atoms with E-state index in [-0.39, 0.29) is 36.2 Å². The van der Waals surface area contributed by atoms with Crippen LogP contribution in [0.3, 0.4) is 0 Å². The van der Waals surface area contributed by atoms with Gasteiger partial charge < -0.3 is 19.9 Å². The highest BCUT2D eigenvalue weighted by molar-refractivity contribution is 7.12. The maximum Gasteiger partial charge on any atom is 0.310 e. The Kier molecular flexibility index (Phi) is 8.59. The molecule has 0 aliphatic carbocycles. The predicted molar refractivity (Wildman–Crippen MR) is 125 cm³/mol. The average molecular weight is 472 g/mol. The van der Waals surface area contributed by atoms with Gasteiger partial charge in [0.1, 0.15) is 0 Å². The number of carbonyl (C=O) groups is 4. The molecule has 3 amide bonds. The lowest BCUT2D eigenvalue weighted by Gasteiger charge is -2.32. The van der Waals surface area contributed by atoms with Gasteiger partial charge in [0.25, 0.3) is 11.8 Å². The van der Waals surface area contributed by atoms with Gasteiger partial charge in [-0.1, -0.05) is 18.2 Å². The molecule has 1 aliphatic rings. The van der Waals surface area contributed by atoms with Crippen molar-refractivity contribution in [3.05, 3.63) is 57.8 Å². The molecule has 1 aromatic carbocycles. The second kappa shape index (κ2) is 11.6. The minimum atomic E-state index is -0.309. The van der Waals surface area contributed by atoms with Gasteiger partial charge in [0, 0.05) is 32.2 Å². The molecule has 1 atom stereocenters. The van der Waals surface area contributed by atoms with Crippen LogP contribution >= 0.6 is 11.3 Å². The molecule has 9 heteroatoms. The number of likely N-dealkylation sites (N-methyl/N-ethyl adjacent to an activating group) is 1. The number of hydrogen-bond donors (Lipinski definition) is 1. The smallest absolute Gasteiger partial charge is 0.310 e. The van der Waals surface area contributed by atoms with Crippen molar-refractivity contribution in [3.63, 3.8) is 0 Å². The van der Waals surface area contributed by atoms with E-state index in [1.807, 2.05) is 11.4 Å². The Morgan fingerprint density at radius 2 is 1.94 bits per heavy atom. The van der Waals surface area contributed by atoms with Gasteiger partial charge >= 0.3 is 5.97 Å². The third-order valence-electron chi connectivity index (χ3n) is 5.51. The SMILES string of the molecule is CCOC(=O)C1CCCN(C(=O)CN(C)C(=O)c2ccc(CNC(=O)c3cccs3)cc2)C1. The average Bonchev–Trinajstić information content (AvgIpc) is 3.38. The Morgan fingerprint density at radius 1 is 1.18 bits per heavy atom. The van der Waals surface area contributed by atoms with Crippen molar-refractivity contribution in [2.75, 3.05) is 33.3 Å². The highest BCUT2D eigenvalue weighted by atomic mass is 32.1. The van der Waals surface area contributed by atoms with Crippen LogP contribution in [0.25, 0.3) is 0 Å². The number of thiophene rings is 1. The first-order valence-electron chi connectivity index (χ1n) is 11.0. The van der Waals surface area contributed by atoms with Gasteiger partial charge in [0.05, 0.1) is 23.9 Å². The molecule has 0 spiro atoms. The standard InChI is InChI=1S/C24H29N3O5S/c1-3-32-24(31)19-6-4-12-27(15-19)21(28)16-26(2)23(30)18-10-8-17(9-11-18)14-25-22(29)20-7-5-13-33-20/h5,7-11,13,19H,3-4,6,12,14-16H2,1-2H3,(H,25,29). The van der Waals surface area contributed by atoms with Crippen LogP contribution in [0.1, 0.15) is 45.4 Å². The van der Waals surface area contributed by atoms with E-state index in [0.717, 1.165) is 12.0 Å². The van der Waals surface area contributed by atoms with E-state index in [1.165, 1.54) is 16.2 Å². The van der Waals surface area contributed by atoms with Gasteiger partial charge in [-0.2, -0.15) is 0 Å². The van der Waals surface area contributed by atoms with E-state index in [2.05, 4.69) is 5.32 Å². The van der Waals surface area contributed by atoms with Crippen LogP contribution in [0.4, 0.5) is 0 Å². The molecule has 1 saturated heterocycles. The van der Waals surface area contributed by atoms with Crippen molar-refractivity contribution in [2.45, 2.75) is 26.3 Å². The summed E-state index contributed by atoms with van der Waals surface area (Å²) in [6, 6.07) is 10.5. The Hall–Kier alpha value is -3.20. The van der Waals surface area contributed by atoms with Gasteiger partial charge in [-0.3, -0.25) is 19.2 Å². The lowest BCUT2D eigenvalue weighted by Crippen LogP contribution is -2.47. The molecule has 1 aliphatic heterocycles. The Morgan fingerprint density at radius 3 is 2.61 bits per heavy atom. The third kappa shape index (κ3) is 6.64. The minimum Gasteiger partial charge on any atom is -0.466 e. The number of likely N-dealkylation sites (tertiary alicyclic amines) is 1. The molecule has 2 aromatic rings. The van der Waals surface area contributed by atoms with E-state index in [0.29, 0.717) is 43.1 Å². The van der Waals surface area contributed by atoms with Crippen molar-refractivity contribution >= 4 is 35.0 Å². The second-order valence-electron chi connectivity index (χ2n) is 7.95. The highest BCUT2D eigenvalue weighted by Gasteiger charge is 2.30. The summed E-state index contributed by atoms with van der Waals surface area (Å²) in [6.07, 6.45) is 1.44. The number of carbonyl (C=O) groups excluding carboxylic acids is 4. The molecule has 0 saturated carbocycles. The topological polar surface area (TPSA) is 96.0 Å². The maximum absolute atomic E-state index is 12.8. The molecule has 2 heterocycles. The van der Waals surface area contributed by atoms with E-state index in [4.69, 9.17) is 4.74 Å². The summed E-state index contributed by atoms with van der Waals surface area (Å²) in [4.78, 5) is 53.2. The first-order valence-corrected chi connectivity index (χ1v) is 11.9. The summed E-state index contributed by atoms with van der Waals surface area (Å²) in [7, 11) is 1.59. The monoisotopic (exact) mass is 471 g/mol. The van der Waals surface area contributed by atoms with Crippen molar-refractivity contribution in [1.29, 1.82) is 0 Å². The van der Waals surface area contributed by atoms with Crippen molar-refractivity contribution in [2.24, 2.45) is 5.92 Å². The van der Waals surface area contributed by atoms with Crippen molar-refractivity contribution in [1.82, 2.24) is 15.1 Å². The van der Waals surface area contributed by atoms with E-state index < -0.39 is 0 Å². The summed E-state index contributed by atoms with van der Waals surface area (Å²) in [5, 5.41) is 4.70. The summed E-state index contributed by atoms with van der Waals surface area (Å²) in [6.45, 7) is 3.27. The zero-order valence-electron chi connectivity index (χ0n) is 18.9. The van der Waals surface area contributed by atoms with Gasteiger partial charge in [-0.05, 0) is 48.9 Å². The van der Waals surface area contributed by atoms with Crippen LogP contribution in [0.2, 0.25) is 0 Å². The quantitative estimate of drug-likeness (QED) is 0.597. The van der Waals surface area contributed by atoms with E-state index in [1.54, 1.807) is 49.2 Å². The van der Waals surface area contributed by atoms with Gasteiger partial charge in [-0.25, -0.2) is 0 Å². The lowest BCUT2D eigenvalue weighted by atomic mass is 9.98. The fraction of sp³-hybridized carbons (Fsp3) is 0.417. The Balaban J connectivity index is 1.50. The molecule has 1 fully saturated rings. The number of ether oxygens (including phenoxy) is 1. The first kappa shape index (κ1) is 24.4. The zero-order chi connectivity index (χ0) is 23.8. The van der Waals surface area contributed by atoms with E-state index in [9.17, 15) is 19.2 Å². The fourth-order valence-corrected chi connectivity index (χ4v) is 4.33. The number of rotatable bonds is 8. The number of amides is 3. The molecule has 176 valence electrons. The predicted octanol–water partition coefficient (Wildman–Crippen LogP) is 2.55. The molecule has 1 unspecified atom stereocenters. The van der Waals surface area contributed by atoms with Crippen LogP contribution in [0, 0.1) is 5.92 Å². The number of hydrogen-bond acceptors (Lipinski definition) is 6. The summed E-state index contributed by atoms with van der Waals surface area (Å²) in [5.74, 6) is -1.17. The second-order valence-corrected chi connectivity index (χ2v) is 8.90. The number of nitrogens with zero attached hydrogens (tertiary/aromatic N) is 2. The van der Waals surface area contributed by atoms with Crippen LogP contribution in [0.5, 0.6) is 0 Å². The lowest BCUT2D eigenvalue weighted by molar-refractivity contribution is -0.151. The number of benzene rings is 1. The minimum absolute atomic E-state index is 0.0625. The molecule has 3 rings (SSSR count). The number of esters is 1. The molecule has 0 bridgehead atoms. The molecule has 0 radical (unpaired) electrons. The van der Waals surface area contributed by atoms with Crippen LogP contribution in [-0.4, -0.2) is 66.8 Å². The summed E-state index contributed by atoms with van der Waals surface area (Å²) in [5.41, 5.74) is 1.33. The highest BCUT2D eigenvalue weighted by Crippen LogP contribution is 2.18. The summed E-state index contributed by atoms with van der Waals surface area (Å²) < 4.78 is 5.08. The fourth-order valence-electron chi connectivity index (χ4n) is 3.69. The van der Waals surface area contributed by atoms with Gasteiger partial charge in [0.15, 0.2) is 0 Å². The van der Waals surface area contributed by atoms with Gasteiger partial charge in [-0.15, -0.1) is 11.3 Å². The summed E-state index contributed by atoms with van der Waals surface area (Å²) >= 11 is 1.38. The number of piperidine rings is 1. The first-order chi connectivity index (χ1) is 15.9. The molecular weight excluding hydrogens is 442 g/mol. The normalized spacial score (nSPS) is 15.6. The zero-order valence-corrected chi connectivity index (χ0v) is 19.7. The number of nitrogens with one attached hydrogen (secondary N) is 1. The molecule has 1 N–H and O–H groups in total. The maximum atomic E-state index is 12.8. The van der Waals surface area contributed by atoms with Crippen molar-refractivity contribution < 1.29 is 23.9 Å². The molecule has 33 heavy (non-hydrogen) atoms. The Bertz CT molecular complexity index is 974. The molecular formula is C24H29N3O5S. The molecule has 8 nitrogen and oxygen atoms in total. The molecule has 1 aromatic heterocycles. The van der Waals surface area contributed by atoms with E-state index >= 15 is 0 Å². The van der Waals surface area contributed by atoms with Crippen LogP contribution in [0.15, 0.2) is 41.8 Å². The Labute approximate surface area is 197 Å². The van der Waals surface area contributed by atoms with Crippen LogP contribution in [-0.2, 0) is 20.9 Å². The largest absolute Gasteiger partial charge is 0.466 e. The van der Waals surface area contributed by atoms with Gasteiger partial charge in [0.2, 0.25) is 5.91 Å².